The van der Waals surface area contributed by atoms with E-state index in [4.69, 9.17) is 9.84 Å². The normalized spacial score (nSPS) is 19.9. The molecule has 0 aliphatic carbocycles. The molecule has 0 aromatic heterocycles. The lowest BCUT2D eigenvalue weighted by atomic mass is 9.95. The molecule has 7 nitrogen and oxygen atoms in total. The molecule has 0 bridgehead atoms. The molecule has 4 N–H and O–H groups in total. The molecule has 2 rings (SSSR count). The average molecular weight is 374 g/mol. The molecule has 146 valence electrons. The summed E-state index contributed by atoms with van der Waals surface area (Å²) in [7, 11) is 0. The van der Waals surface area contributed by atoms with E-state index in [2.05, 4.69) is 16.7 Å². The number of aliphatic carboxylic acids is 2. The lowest BCUT2D eigenvalue weighted by Gasteiger charge is -2.31. The highest BCUT2D eigenvalue weighted by Crippen LogP contribution is 2.23. The van der Waals surface area contributed by atoms with Crippen LogP contribution in [-0.4, -0.2) is 47.4 Å². The summed E-state index contributed by atoms with van der Waals surface area (Å²) in [6.45, 7) is 5.41. The molecule has 1 aromatic carbocycles. The van der Waals surface area contributed by atoms with Gasteiger partial charge in [-0.25, -0.2) is 9.59 Å². The van der Waals surface area contributed by atoms with Crippen LogP contribution in [0.5, 0.6) is 5.75 Å². The van der Waals surface area contributed by atoms with E-state index < -0.39 is 18.0 Å². The van der Waals surface area contributed by atoms with Crippen LogP contribution in [0.4, 0.5) is 5.69 Å². The summed E-state index contributed by atoms with van der Waals surface area (Å²) >= 11 is 0. The first-order chi connectivity index (χ1) is 12.8. The zero-order chi connectivity index (χ0) is 19.8. The zero-order valence-electron chi connectivity index (χ0n) is 15.6. The molecular formula is C20H26N2O5. The Morgan fingerprint density at radius 3 is 2.56 bits per heavy atom. The van der Waals surface area contributed by atoms with Crippen molar-refractivity contribution in [2.75, 3.05) is 18.4 Å². The smallest absolute Gasteiger partial charge is 0.333 e. The summed E-state index contributed by atoms with van der Waals surface area (Å²) in [5, 5.41) is 24.5. The van der Waals surface area contributed by atoms with Crippen LogP contribution in [0.15, 0.2) is 47.6 Å². The number of benzene rings is 1. The second-order valence-corrected chi connectivity index (χ2v) is 6.70. The minimum atomic E-state index is -1.27. The molecule has 0 spiro atoms. The van der Waals surface area contributed by atoms with E-state index in [1.54, 1.807) is 0 Å². The Balaban J connectivity index is 1.96. The van der Waals surface area contributed by atoms with Gasteiger partial charge in [-0.05, 0) is 51.1 Å². The van der Waals surface area contributed by atoms with Crippen molar-refractivity contribution in [1.29, 1.82) is 0 Å². The number of carboxylic acids is 2. The summed E-state index contributed by atoms with van der Waals surface area (Å²) in [6.07, 6.45) is 3.78. The quantitative estimate of drug-likeness (QED) is 0.409. The van der Waals surface area contributed by atoms with Gasteiger partial charge >= 0.3 is 11.9 Å². The van der Waals surface area contributed by atoms with Gasteiger partial charge in [0.25, 0.3) is 0 Å². The highest BCUT2D eigenvalue weighted by atomic mass is 16.5. The maximum atomic E-state index is 11.3. The third kappa shape index (κ3) is 6.79. The third-order valence-electron chi connectivity index (χ3n) is 4.23. The Morgan fingerprint density at radius 1 is 1.26 bits per heavy atom. The highest BCUT2D eigenvalue weighted by Gasteiger charge is 2.29. The van der Waals surface area contributed by atoms with E-state index in [0.29, 0.717) is 18.7 Å². The van der Waals surface area contributed by atoms with Crippen molar-refractivity contribution in [1.82, 2.24) is 5.32 Å². The van der Waals surface area contributed by atoms with E-state index >= 15 is 0 Å². The summed E-state index contributed by atoms with van der Waals surface area (Å²) in [4.78, 5) is 22.2. The van der Waals surface area contributed by atoms with Gasteiger partial charge in [0.15, 0.2) is 0 Å². The third-order valence-corrected chi connectivity index (χ3v) is 4.23. The summed E-state index contributed by atoms with van der Waals surface area (Å²) < 4.78 is 5.97. The van der Waals surface area contributed by atoms with Gasteiger partial charge in [-0.15, -0.1) is 0 Å². The van der Waals surface area contributed by atoms with Crippen LogP contribution in [0, 0.1) is 0 Å². The number of ether oxygens (including phenoxy) is 1. The molecule has 0 saturated carbocycles. The molecule has 1 aromatic rings. The minimum absolute atomic E-state index is 0.158. The second-order valence-electron chi connectivity index (χ2n) is 6.70. The molecule has 1 fully saturated rings. The molecular weight excluding hydrogens is 348 g/mol. The Bertz CT molecular complexity index is 720. The summed E-state index contributed by atoms with van der Waals surface area (Å²) in [5.74, 6) is -1.80. The van der Waals surface area contributed by atoms with Crippen molar-refractivity contribution in [3.8, 4) is 5.75 Å². The Morgan fingerprint density at radius 2 is 1.96 bits per heavy atom. The molecule has 1 heterocycles. The number of anilines is 1. The highest BCUT2D eigenvalue weighted by molar-refractivity contribution is 5.95. The van der Waals surface area contributed by atoms with Crippen molar-refractivity contribution < 1.29 is 24.5 Å². The van der Waals surface area contributed by atoms with Crippen LogP contribution >= 0.6 is 0 Å². The predicted octanol–water partition coefficient (Wildman–Crippen LogP) is 2.66. The van der Waals surface area contributed by atoms with Gasteiger partial charge in [0.05, 0.1) is 5.57 Å². The number of piperidine rings is 1. The van der Waals surface area contributed by atoms with E-state index in [1.807, 2.05) is 38.1 Å². The minimum Gasteiger partial charge on any atom is -0.490 e. The van der Waals surface area contributed by atoms with Gasteiger partial charge in [-0.3, -0.25) is 0 Å². The van der Waals surface area contributed by atoms with Crippen molar-refractivity contribution in [3.63, 3.8) is 0 Å². The topological polar surface area (TPSA) is 108 Å². The van der Waals surface area contributed by atoms with Gasteiger partial charge in [0.2, 0.25) is 0 Å². The second kappa shape index (κ2) is 9.78. The van der Waals surface area contributed by atoms with Gasteiger partial charge < -0.3 is 25.6 Å². The maximum absolute atomic E-state index is 11.3. The largest absolute Gasteiger partial charge is 0.490 e. The van der Waals surface area contributed by atoms with Crippen molar-refractivity contribution >= 4 is 17.6 Å². The monoisotopic (exact) mass is 374 g/mol. The fourth-order valence-corrected chi connectivity index (χ4v) is 2.89. The number of rotatable bonds is 8. The van der Waals surface area contributed by atoms with Crippen LogP contribution in [-0.2, 0) is 9.59 Å². The molecule has 0 amide bonds. The molecule has 2 atom stereocenters. The first-order valence-electron chi connectivity index (χ1n) is 8.90. The standard InChI is InChI=1S/C20H26N2O5/c1-13(2)7-9-21-14-3-5-15(6-4-14)27-16-8-10-22-18(11-16)17(20(25)26)12-19(23)24/h3-7,12,16,18,21-22H,8-11H2,1-2H3,(H,23,24)(H,25,26)/b17-12-. The van der Waals surface area contributed by atoms with E-state index in [0.717, 1.165) is 24.7 Å². The van der Waals surface area contributed by atoms with Crippen LogP contribution in [0.1, 0.15) is 26.7 Å². The fourth-order valence-electron chi connectivity index (χ4n) is 2.89. The van der Waals surface area contributed by atoms with Crippen molar-refractivity contribution in [3.05, 3.63) is 47.6 Å². The Labute approximate surface area is 158 Å². The van der Waals surface area contributed by atoms with Gasteiger partial charge in [0.1, 0.15) is 11.9 Å². The first kappa shape index (κ1) is 20.5. The van der Waals surface area contributed by atoms with Crippen molar-refractivity contribution in [2.24, 2.45) is 0 Å². The average Bonchev–Trinajstić information content (AvgIpc) is 2.61. The predicted molar refractivity (Wildman–Crippen MR) is 103 cm³/mol. The van der Waals surface area contributed by atoms with Gasteiger partial charge in [-0.2, -0.15) is 0 Å². The first-order valence-corrected chi connectivity index (χ1v) is 8.90. The maximum Gasteiger partial charge on any atom is 0.333 e. The molecule has 0 radical (unpaired) electrons. The lowest BCUT2D eigenvalue weighted by molar-refractivity contribution is -0.135. The summed E-state index contributed by atoms with van der Waals surface area (Å²) in [5.41, 5.74) is 2.08. The fraction of sp³-hybridized carbons (Fsp3) is 0.400. The number of nitrogens with one attached hydrogen (secondary N) is 2. The number of hydrogen-bond donors (Lipinski definition) is 4. The van der Waals surface area contributed by atoms with Crippen molar-refractivity contribution in [2.45, 2.75) is 38.8 Å². The van der Waals surface area contributed by atoms with Gasteiger partial charge in [0, 0.05) is 30.8 Å². The molecule has 27 heavy (non-hydrogen) atoms. The molecule has 1 saturated heterocycles. The Hall–Kier alpha value is -2.80. The molecule has 7 heteroatoms. The van der Waals surface area contributed by atoms with Crippen LogP contribution in [0.2, 0.25) is 0 Å². The lowest BCUT2D eigenvalue weighted by Crippen LogP contribution is -2.45. The SMILES string of the molecule is CC(C)=CCNc1ccc(OC2CCNC(/C(=C/C(=O)O)C(=O)O)C2)cc1. The number of allylic oxidation sites excluding steroid dienone is 1. The van der Waals surface area contributed by atoms with Crippen LogP contribution < -0.4 is 15.4 Å². The van der Waals surface area contributed by atoms with E-state index in [1.165, 1.54) is 5.57 Å². The number of hydrogen-bond acceptors (Lipinski definition) is 5. The van der Waals surface area contributed by atoms with Crippen LogP contribution in [0.3, 0.4) is 0 Å². The zero-order valence-corrected chi connectivity index (χ0v) is 15.6. The number of carbonyl (C=O) groups is 2. The molecule has 1 aliphatic rings. The molecule has 2 unspecified atom stereocenters. The number of carboxylic acid groups (broad SMARTS) is 2. The van der Waals surface area contributed by atoms with E-state index in [-0.39, 0.29) is 11.7 Å². The van der Waals surface area contributed by atoms with E-state index in [9.17, 15) is 14.7 Å². The summed E-state index contributed by atoms with van der Waals surface area (Å²) in [6, 6.07) is 7.04. The Kier molecular flexibility index (Phi) is 7.43. The van der Waals surface area contributed by atoms with Gasteiger partial charge in [-0.1, -0.05) is 11.6 Å². The van der Waals surface area contributed by atoms with Crippen LogP contribution in [0.25, 0.3) is 0 Å². The molecule has 1 aliphatic heterocycles.